The maximum atomic E-state index is 10.1. The average molecular weight is 333 g/mol. The molecular formula is C15H32N3O3P. The van der Waals surface area contributed by atoms with Gasteiger partial charge in [-0.3, -0.25) is 9.80 Å². The maximum Gasteiger partial charge on any atom is 0.327 e. The monoisotopic (exact) mass is 333 g/mol. The molecule has 0 fully saturated rings. The smallest absolute Gasteiger partial charge is 0.327 e. The van der Waals surface area contributed by atoms with Crippen LogP contribution >= 0.6 is 8.60 Å². The summed E-state index contributed by atoms with van der Waals surface area (Å²) < 4.78 is 5.13. The Hall–Kier alpha value is -0.280. The molecule has 0 aliphatic rings. The molecule has 0 heterocycles. The second kappa shape index (κ2) is 9.12. The van der Waals surface area contributed by atoms with Crippen molar-refractivity contribution < 1.29 is 14.3 Å². The third kappa shape index (κ3) is 5.13. The summed E-state index contributed by atoms with van der Waals surface area (Å²) in [5, 5.41) is 10.1. The van der Waals surface area contributed by atoms with E-state index < -0.39 is 14.3 Å². The summed E-state index contributed by atoms with van der Waals surface area (Å²) in [5.41, 5.74) is -1.06. The van der Waals surface area contributed by atoms with Crippen LogP contribution < -0.4 is 0 Å². The van der Waals surface area contributed by atoms with Crippen LogP contribution in [0.25, 0.3) is 0 Å². The van der Waals surface area contributed by atoms with E-state index in [2.05, 4.69) is 15.9 Å². The van der Waals surface area contributed by atoms with E-state index >= 15 is 0 Å². The highest BCUT2D eigenvalue weighted by molar-refractivity contribution is 7.39. The van der Waals surface area contributed by atoms with E-state index in [4.69, 9.17) is 4.52 Å². The van der Waals surface area contributed by atoms with Crippen LogP contribution in [0.15, 0.2) is 0 Å². The summed E-state index contributed by atoms with van der Waals surface area (Å²) in [7, 11) is -2.50. The average Bonchev–Trinajstić information content (AvgIpc) is 2.33. The number of rotatable bonds is 9. The molecule has 22 heavy (non-hydrogen) atoms. The summed E-state index contributed by atoms with van der Waals surface area (Å²) in [5.74, 6) is 0. The van der Waals surface area contributed by atoms with E-state index in [1.807, 2.05) is 55.4 Å². The van der Waals surface area contributed by atoms with Gasteiger partial charge in [0, 0.05) is 24.2 Å². The minimum absolute atomic E-state index is 0.0745. The molecule has 0 saturated heterocycles. The maximum absolute atomic E-state index is 10.1. The zero-order chi connectivity index (χ0) is 17.7. The Morgan fingerprint density at radius 3 is 1.41 bits per heavy atom. The van der Waals surface area contributed by atoms with E-state index in [1.54, 1.807) is 0 Å². The second-order valence-electron chi connectivity index (χ2n) is 6.64. The minimum atomic E-state index is -2.50. The lowest BCUT2D eigenvalue weighted by Crippen LogP contribution is -2.69. The molecule has 0 unspecified atom stereocenters. The topological polar surface area (TPSA) is 80.0 Å². The lowest BCUT2D eigenvalue weighted by molar-refractivity contribution is -0.107. The first kappa shape index (κ1) is 21.7. The van der Waals surface area contributed by atoms with Crippen LogP contribution in [0.2, 0.25) is 0 Å². The first-order chi connectivity index (χ1) is 10.0. The molecule has 0 aromatic rings. The van der Waals surface area contributed by atoms with Crippen LogP contribution in [-0.2, 0) is 4.52 Å². The molecule has 0 radical (unpaired) electrons. The Kier molecular flexibility index (Phi) is 9.01. The standard InChI is InChI=1S/C15H32N3O3P/c1-11(2)17(12(3)4)15(9-16,10-21-22(19)20)18(13(5)6)14(7)8/h11-14,19-20H,10H2,1-8H3. The zero-order valence-corrected chi connectivity index (χ0v) is 16.0. The Morgan fingerprint density at radius 2 is 1.23 bits per heavy atom. The molecule has 7 heteroatoms. The van der Waals surface area contributed by atoms with Crippen LogP contribution in [0.1, 0.15) is 55.4 Å². The highest BCUT2D eigenvalue weighted by Crippen LogP contribution is 2.34. The summed E-state index contributed by atoms with van der Waals surface area (Å²) in [6.07, 6.45) is 0. The van der Waals surface area contributed by atoms with E-state index in [9.17, 15) is 15.0 Å². The van der Waals surface area contributed by atoms with E-state index in [-0.39, 0.29) is 30.8 Å². The van der Waals surface area contributed by atoms with Gasteiger partial charge in [-0.2, -0.15) is 5.26 Å². The zero-order valence-electron chi connectivity index (χ0n) is 15.1. The molecule has 0 bridgehead atoms. The van der Waals surface area contributed by atoms with Crippen LogP contribution in [0.4, 0.5) is 0 Å². The van der Waals surface area contributed by atoms with Crippen molar-refractivity contribution in [2.24, 2.45) is 0 Å². The molecule has 0 spiro atoms. The van der Waals surface area contributed by atoms with Crippen LogP contribution in [0.5, 0.6) is 0 Å². The molecular weight excluding hydrogens is 301 g/mol. The Morgan fingerprint density at radius 1 is 0.909 bits per heavy atom. The SMILES string of the molecule is CC(C)N(C(C)C)C(C#N)(COP(O)O)N(C(C)C)C(C)C. The highest BCUT2D eigenvalue weighted by Gasteiger charge is 2.48. The third-order valence-electron chi connectivity index (χ3n) is 3.64. The summed E-state index contributed by atoms with van der Waals surface area (Å²) in [6.45, 7) is 16.2. The summed E-state index contributed by atoms with van der Waals surface area (Å²) >= 11 is 0. The number of hydrogen-bond acceptors (Lipinski definition) is 6. The predicted molar refractivity (Wildman–Crippen MR) is 89.9 cm³/mol. The molecule has 0 aromatic carbocycles. The van der Waals surface area contributed by atoms with Gasteiger partial charge >= 0.3 is 8.60 Å². The van der Waals surface area contributed by atoms with Crippen molar-refractivity contribution in [3.63, 3.8) is 0 Å². The van der Waals surface area contributed by atoms with Crippen molar-refractivity contribution in [3.8, 4) is 6.07 Å². The van der Waals surface area contributed by atoms with Crippen molar-refractivity contribution in [3.05, 3.63) is 0 Å². The first-order valence-electron chi connectivity index (χ1n) is 7.80. The Bertz CT molecular complexity index is 332. The summed E-state index contributed by atoms with van der Waals surface area (Å²) in [6, 6.07) is 2.83. The number of nitrogens with zero attached hydrogens (tertiary/aromatic N) is 3. The van der Waals surface area contributed by atoms with Crippen molar-refractivity contribution in [1.29, 1.82) is 5.26 Å². The van der Waals surface area contributed by atoms with E-state index in [0.717, 1.165) is 0 Å². The second-order valence-corrected chi connectivity index (χ2v) is 7.41. The fourth-order valence-corrected chi connectivity index (χ4v) is 3.77. The fourth-order valence-electron chi connectivity index (χ4n) is 3.48. The van der Waals surface area contributed by atoms with Gasteiger partial charge in [-0.05, 0) is 55.4 Å². The third-order valence-corrected chi connectivity index (χ3v) is 4.00. The first-order valence-corrected chi connectivity index (χ1v) is 8.96. The lowest BCUT2D eigenvalue weighted by atomic mass is 9.99. The van der Waals surface area contributed by atoms with Crippen LogP contribution in [-0.4, -0.2) is 56.0 Å². The van der Waals surface area contributed by atoms with Gasteiger partial charge in [0.2, 0.25) is 0 Å². The van der Waals surface area contributed by atoms with Gasteiger partial charge in [0.1, 0.15) is 12.7 Å². The molecule has 0 saturated carbocycles. The van der Waals surface area contributed by atoms with Crippen LogP contribution in [0.3, 0.4) is 0 Å². The molecule has 0 aliphatic heterocycles. The quantitative estimate of drug-likeness (QED) is 0.499. The largest absolute Gasteiger partial charge is 0.328 e. The molecule has 2 N–H and O–H groups in total. The summed E-state index contributed by atoms with van der Waals surface area (Å²) in [4.78, 5) is 22.5. The van der Waals surface area contributed by atoms with Crippen LogP contribution in [0, 0.1) is 11.3 Å². The van der Waals surface area contributed by atoms with Gasteiger partial charge < -0.3 is 14.3 Å². The van der Waals surface area contributed by atoms with Gasteiger partial charge in [0.25, 0.3) is 0 Å². The normalized spacial score (nSPS) is 13.5. The molecule has 0 aliphatic carbocycles. The molecule has 130 valence electrons. The predicted octanol–water partition coefficient (Wildman–Crippen LogP) is 2.67. The number of hydrogen-bond donors (Lipinski definition) is 2. The highest BCUT2D eigenvalue weighted by atomic mass is 31.2. The van der Waals surface area contributed by atoms with E-state index in [0.29, 0.717) is 0 Å². The van der Waals surface area contributed by atoms with Gasteiger partial charge in [-0.15, -0.1) is 0 Å². The lowest BCUT2D eigenvalue weighted by Gasteiger charge is -2.52. The van der Waals surface area contributed by atoms with E-state index in [1.165, 1.54) is 0 Å². The van der Waals surface area contributed by atoms with Crippen molar-refractivity contribution in [1.82, 2.24) is 9.80 Å². The molecule has 0 atom stereocenters. The van der Waals surface area contributed by atoms with Gasteiger partial charge in [-0.1, -0.05) is 0 Å². The van der Waals surface area contributed by atoms with Gasteiger partial charge in [-0.25, -0.2) is 0 Å². The molecule has 6 nitrogen and oxygen atoms in total. The minimum Gasteiger partial charge on any atom is -0.328 e. The Labute approximate surface area is 136 Å². The fraction of sp³-hybridized carbons (Fsp3) is 0.933. The van der Waals surface area contributed by atoms with Crippen molar-refractivity contribution in [2.45, 2.75) is 85.2 Å². The molecule has 0 amide bonds. The van der Waals surface area contributed by atoms with Gasteiger partial charge in [0.15, 0.2) is 5.66 Å². The van der Waals surface area contributed by atoms with Gasteiger partial charge in [0.05, 0.1) is 0 Å². The van der Waals surface area contributed by atoms with Crippen molar-refractivity contribution in [2.75, 3.05) is 6.61 Å². The molecule has 0 rings (SSSR count). The molecule has 0 aromatic heterocycles. The number of nitriles is 1. The Balaban J connectivity index is 6.05. The van der Waals surface area contributed by atoms with Crippen molar-refractivity contribution >= 4 is 8.60 Å².